The van der Waals surface area contributed by atoms with Crippen LogP contribution in [0.15, 0.2) is 36.4 Å². The van der Waals surface area contributed by atoms with Gasteiger partial charge in [0, 0.05) is 35.0 Å². The van der Waals surface area contributed by atoms with Crippen molar-refractivity contribution >= 4 is 17.2 Å². The van der Waals surface area contributed by atoms with Crippen LogP contribution in [0.1, 0.15) is 59.3 Å². The van der Waals surface area contributed by atoms with Crippen molar-refractivity contribution in [2.24, 2.45) is 5.92 Å². The van der Waals surface area contributed by atoms with Crippen LogP contribution in [-0.4, -0.2) is 23.9 Å². The molecule has 0 aliphatic rings. The first-order valence-electron chi connectivity index (χ1n) is 9.62. The van der Waals surface area contributed by atoms with E-state index in [4.69, 9.17) is 0 Å². The normalized spacial score (nSPS) is 11.3. The highest BCUT2D eigenvalue weighted by molar-refractivity contribution is 7.11. The Morgan fingerprint density at radius 3 is 2.42 bits per heavy atom. The highest BCUT2D eigenvalue weighted by Gasteiger charge is 2.11. The van der Waals surface area contributed by atoms with Crippen molar-refractivity contribution in [3.05, 3.63) is 57.3 Å². The molecule has 0 aliphatic carbocycles. The lowest BCUT2D eigenvalue weighted by atomic mass is 10.1. The fourth-order valence-corrected chi connectivity index (χ4v) is 3.74. The fourth-order valence-electron chi connectivity index (χ4n) is 2.81. The number of aryl methyl sites for hydroxylation is 1. The summed E-state index contributed by atoms with van der Waals surface area (Å²) in [5.74, 6) is 0.719. The molecule has 0 fully saturated rings. The van der Waals surface area contributed by atoms with E-state index in [1.165, 1.54) is 21.7 Å². The van der Waals surface area contributed by atoms with Crippen molar-refractivity contribution in [3.63, 3.8) is 0 Å². The number of carbonyl (C=O) groups is 1. The molecule has 0 saturated heterocycles. The van der Waals surface area contributed by atoms with Gasteiger partial charge in [-0.15, -0.1) is 11.3 Å². The van der Waals surface area contributed by atoms with Gasteiger partial charge in [0.2, 0.25) is 0 Å². The Labute approximate surface area is 162 Å². The summed E-state index contributed by atoms with van der Waals surface area (Å²) in [5, 5.41) is 2.93. The molecule has 1 amide bonds. The number of carbonyl (C=O) groups excluding carboxylic acids is 1. The minimum Gasteiger partial charge on any atom is -0.352 e. The van der Waals surface area contributed by atoms with Gasteiger partial charge in [0.15, 0.2) is 0 Å². The van der Waals surface area contributed by atoms with Crippen LogP contribution in [-0.2, 0) is 13.1 Å². The van der Waals surface area contributed by atoms with Crippen molar-refractivity contribution < 1.29 is 4.79 Å². The molecule has 2 aromatic rings. The summed E-state index contributed by atoms with van der Waals surface area (Å²) >= 11 is 1.88. The monoisotopic (exact) mass is 372 g/mol. The zero-order valence-electron chi connectivity index (χ0n) is 16.5. The Bertz CT molecular complexity index is 676. The summed E-state index contributed by atoms with van der Waals surface area (Å²) in [7, 11) is 0. The van der Waals surface area contributed by atoms with Crippen molar-refractivity contribution in [1.82, 2.24) is 10.2 Å². The molecular formula is C22H32N2OS. The zero-order valence-corrected chi connectivity index (χ0v) is 17.4. The van der Waals surface area contributed by atoms with E-state index >= 15 is 0 Å². The van der Waals surface area contributed by atoms with E-state index in [-0.39, 0.29) is 5.91 Å². The molecule has 0 aliphatic heterocycles. The number of hydrogen-bond acceptors (Lipinski definition) is 3. The molecule has 1 heterocycles. The van der Waals surface area contributed by atoms with Crippen molar-refractivity contribution in [2.75, 3.05) is 13.1 Å². The maximum Gasteiger partial charge on any atom is 0.251 e. The highest BCUT2D eigenvalue weighted by Crippen LogP contribution is 2.19. The topological polar surface area (TPSA) is 32.3 Å². The van der Waals surface area contributed by atoms with Crippen LogP contribution in [0.5, 0.6) is 0 Å². The molecule has 142 valence electrons. The summed E-state index contributed by atoms with van der Waals surface area (Å²) in [6.07, 6.45) is 2.15. The number of thiophene rings is 1. The van der Waals surface area contributed by atoms with Gasteiger partial charge in [0.05, 0.1) is 0 Å². The van der Waals surface area contributed by atoms with Gasteiger partial charge in [-0.1, -0.05) is 32.9 Å². The van der Waals surface area contributed by atoms with Crippen LogP contribution in [0.2, 0.25) is 0 Å². The summed E-state index contributed by atoms with van der Waals surface area (Å²) in [5.41, 5.74) is 2.00. The molecule has 0 spiro atoms. The molecule has 1 aromatic carbocycles. The molecule has 1 N–H and O–H groups in total. The van der Waals surface area contributed by atoms with Gasteiger partial charge in [0.1, 0.15) is 0 Å². The Kier molecular flexibility index (Phi) is 8.33. The van der Waals surface area contributed by atoms with Gasteiger partial charge >= 0.3 is 0 Å². The second-order valence-electron chi connectivity index (χ2n) is 7.36. The van der Waals surface area contributed by atoms with Gasteiger partial charge < -0.3 is 5.32 Å². The Morgan fingerprint density at radius 1 is 1.12 bits per heavy atom. The number of rotatable bonds is 10. The van der Waals surface area contributed by atoms with Gasteiger partial charge in [-0.2, -0.15) is 0 Å². The van der Waals surface area contributed by atoms with E-state index in [9.17, 15) is 4.79 Å². The molecule has 2 rings (SSSR count). The van der Waals surface area contributed by atoms with Gasteiger partial charge in [-0.25, -0.2) is 0 Å². The largest absolute Gasteiger partial charge is 0.352 e. The third-order valence-electron chi connectivity index (χ3n) is 4.36. The fraction of sp³-hybridized carbons (Fsp3) is 0.500. The quantitative estimate of drug-likeness (QED) is 0.618. The lowest BCUT2D eigenvalue weighted by Crippen LogP contribution is -2.25. The maximum absolute atomic E-state index is 12.0. The third-order valence-corrected chi connectivity index (χ3v) is 5.34. The van der Waals surface area contributed by atoms with Crippen LogP contribution in [0, 0.1) is 12.8 Å². The van der Waals surface area contributed by atoms with Crippen molar-refractivity contribution in [3.8, 4) is 0 Å². The molecule has 4 heteroatoms. The second-order valence-corrected chi connectivity index (χ2v) is 8.73. The average Bonchev–Trinajstić information content (AvgIpc) is 3.03. The molecule has 26 heavy (non-hydrogen) atoms. The molecule has 0 saturated carbocycles. The predicted molar refractivity (Wildman–Crippen MR) is 112 cm³/mol. The number of benzene rings is 1. The van der Waals surface area contributed by atoms with E-state index in [0.717, 1.165) is 38.2 Å². The van der Waals surface area contributed by atoms with E-state index in [1.807, 2.05) is 23.5 Å². The zero-order chi connectivity index (χ0) is 18.9. The van der Waals surface area contributed by atoms with Crippen molar-refractivity contribution in [1.29, 1.82) is 0 Å². The standard InChI is InChI=1S/C22H32N2OS/c1-5-13-23-22(25)20-9-7-19(8-10-20)15-24(14-12-17(2)3)16-21-11-6-18(4)26-21/h6-11,17H,5,12-16H2,1-4H3,(H,23,25). The van der Waals surface area contributed by atoms with Crippen LogP contribution < -0.4 is 5.32 Å². The van der Waals surface area contributed by atoms with Gasteiger partial charge in [0.25, 0.3) is 5.91 Å². The van der Waals surface area contributed by atoms with E-state index in [0.29, 0.717) is 5.92 Å². The molecule has 0 bridgehead atoms. The molecule has 0 atom stereocenters. The van der Waals surface area contributed by atoms with Crippen LogP contribution >= 0.6 is 11.3 Å². The summed E-state index contributed by atoms with van der Waals surface area (Å²) in [6, 6.07) is 12.5. The smallest absolute Gasteiger partial charge is 0.251 e. The Morgan fingerprint density at radius 2 is 1.85 bits per heavy atom. The van der Waals surface area contributed by atoms with Crippen LogP contribution in [0.4, 0.5) is 0 Å². The molecule has 0 radical (unpaired) electrons. The number of nitrogens with zero attached hydrogens (tertiary/aromatic N) is 1. The van der Waals surface area contributed by atoms with Crippen molar-refractivity contribution in [2.45, 2.75) is 53.6 Å². The summed E-state index contributed by atoms with van der Waals surface area (Å²) < 4.78 is 0. The van der Waals surface area contributed by atoms with E-state index in [1.54, 1.807) is 0 Å². The summed E-state index contributed by atoms with van der Waals surface area (Å²) in [4.78, 5) is 17.3. The number of hydrogen-bond donors (Lipinski definition) is 1. The number of nitrogens with one attached hydrogen (secondary N) is 1. The molecule has 0 unspecified atom stereocenters. The lowest BCUT2D eigenvalue weighted by molar-refractivity contribution is 0.0953. The minimum atomic E-state index is 0.0177. The van der Waals surface area contributed by atoms with E-state index in [2.05, 4.69) is 62.2 Å². The molecule has 1 aromatic heterocycles. The summed E-state index contributed by atoms with van der Waals surface area (Å²) in [6.45, 7) is 12.5. The highest BCUT2D eigenvalue weighted by atomic mass is 32.1. The van der Waals surface area contributed by atoms with Gasteiger partial charge in [-0.3, -0.25) is 9.69 Å². The lowest BCUT2D eigenvalue weighted by Gasteiger charge is -2.23. The van der Waals surface area contributed by atoms with Crippen LogP contribution in [0.3, 0.4) is 0 Å². The molecular weight excluding hydrogens is 340 g/mol. The maximum atomic E-state index is 12.0. The first-order valence-corrected chi connectivity index (χ1v) is 10.4. The Hall–Kier alpha value is -1.65. The Balaban J connectivity index is 2.00. The average molecular weight is 373 g/mol. The second kappa shape index (κ2) is 10.5. The molecule has 3 nitrogen and oxygen atoms in total. The van der Waals surface area contributed by atoms with Gasteiger partial charge in [-0.05, 0) is 62.1 Å². The van der Waals surface area contributed by atoms with Crippen LogP contribution in [0.25, 0.3) is 0 Å². The predicted octanol–water partition coefficient (Wildman–Crippen LogP) is 5.24. The SMILES string of the molecule is CCCNC(=O)c1ccc(CN(CCC(C)C)Cc2ccc(C)s2)cc1. The first-order chi connectivity index (χ1) is 12.5. The van der Waals surface area contributed by atoms with E-state index < -0.39 is 0 Å². The third kappa shape index (κ3) is 6.93. The first kappa shape index (κ1) is 20.7. The minimum absolute atomic E-state index is 0.0177. The number of amides is 1.